The quantitative estimate of drug-likeness (QED) is 0.719. The molecule has 0 saturated carbocycles. The number of hydrogen-bond acceptors (Lipinski definition) is 4. The van der Waals surface area contributed by atoms with Gasteiger partial charge in [0.15, 0.2) is 0 Å². The first-order valence-corrected chi connectivity index (χ1v) is 7.64. The zero-order chi connectivity index (χ0) is 15.7. The van der Waals surface area contributed by atoms with Gasteiger partial charge in [-0.3, -0.25) is 0 Å². The van der Waals surface area contributed by atoms with Crippen molar-refractivity contribution in [3.8, 4) is 0 Å². The van der Waals surface area contributed by atoms with Gasteiger partial charge in [-0.15, -0.1) is 0 Å². The Morgan fingerprint density at radius 2 is 1.71 bits per heavy atom. The Kier molecular flexibility index (Phi) is 8.35. The first-order valence-electron chi connectivity index (χ1n) is 7.64. The molecule has 4 heteroatoms. The summed E-state index contributed by atoms with van der Waals surface area (Å²) in [7, 11) is 3.47. The number of aryl methyl sites for hydroxylation is 1. The molecule has 1 rings (SSSR count). The van der Waals surface area contributed by atoms with Crippen LogP contribution in [0, 0.1) is 6.92 Å². The van der Waals surface area contributed by atoms with Gasteiger partial charge in [0.1, 0.15) is 0 Å². The Balaban J connectivity index is 2.76. The summed E-state index contributed by atoms with van der Waals surface area (Å²) < 4.78 is 10.4. The zero-order valence-electron chi connectivity index (χ0n) is 14.1. The van der Waals surface area contributed by atoms with Crippen molar-refractivity contribution >= 4 is 5.69 Å². The lowest BCUT2D eigenvalue weighted by molar-refractivity contribution is 0.190. The summed E-state index contributed by atoms with van der Waals surface area (Å²) in [6.07, 6.45) is 0. The minimum atomic E-state index is 0.504. The van der Waals surface area contributed by atoms with Crippen LogP contribution in [0.3, 0.4) is 0 Å². The molecule has 120 valence electrons. The predicted octanol–water partition coefficient (Wildman–Crippen LogP) is 2.59. The third-order valence-corrected chi connectivity index (χ3v) is 3.52. The minimum Gasteiger partial charge on any atom is -0.383 e. The van der Waals surface area contributed by atoms with Crippen LogP contribution in [0.2, 0.25) is 0 Å². The predicted molar refractivity (Wildman–Crippen MR) is 89.1 cm³/mol. The fourth-order valence-corrected chi connectivity index (χ4v) is 2.16. The lowest BCUT2D eigenvalue weighted by Gasteiger charge is -2.25. The van der Waals surface area contributed by atoms with Gasteiger partial charge in [0.25, 0.3) is 0 Å². The monoisotopic (exact) mass is 294 g/mol. The highest BCUT2D eigenvalue weighted by molar-refractivity contribution is 5.51. The standard InChI is InChI=1S/C17H30N2O2/c1-14(2)18-13-16-6-7-17(12-15(16)3)19(8-10-20-4)9-11-21-5/h6-7,12,14,18H,8-11,13H2,1-5H3. The molecule has 0 heterocycles. The minimum absolute atomic E-state index is 0.504. The molecule has 1 N–H and O–H groups in total. The van der Waals surface area contributed by atoms with Crippen LogP contribution in [-0.4, -0.2) is 46.6 Å². The van der Waals surface area contributed by atoms with Gasteiger partial charge < -0.3 is 19.7 Å². The number of anilines is 1. The smallest absolute Gasteiger partial charge is 0.0637 e. The van der Waals surface area contributed by atoms with Crippen LogP contribution in [0.25, 0.3) is 0 Å². The van der Waals surface area contributed by atoms with Crippen LogP contribution in [0.4, 0.5) is 5.69 Å². The number of nitrogens with one attached hydrogen (secondary N) is 1. The van der Waals surface area contributed by atoms with E-state index >= 15 is 0 Å². The summed E-state index contributed by atoms with van der Waals surface area (Å²) in [6.45, 7) is 10.6. The van der Waals surface area contributed by atoms with Crippen molar-refractivity contribution in [3.63, 3.8) is 0 Å². The highest BCUT2D eigenvalue weighted by atomic mass is 16.5. The van der Waals surface area contributed by atoms with Gasteiger partial charge in [0.05, 0.1) is 13.2 Å². The van der Waals surface area contributed by atoms with Gasteiger partial charge in [-0.05, 0) is 30.2 Å². The third-order valence-electron chi connectivity index (χ3n) is 3.52. The van der Waals surface area contributed by atoms with Gasteiger partial charge in [0.2, 0.25) is 0 Å². The fraction of sp³-hybridized carbons (Fsp3) is 0.647. The molecule has 0 saturated heterocycles. The molecule has 0 aliphatic heterocycles. The maximum absolute atomic E-state index is 5.20. The Morgan fingerprint density at radius 3 is 2.19 bits per heavy atom. The summed E-state index contributed by atoms with van der Waals surface area (Å²) in [6, 6.07) is 7.16. The first-order chi connectivity index (χ1) is 10.1. The lowest BCUT2D eigenvalue weighted by atomic mass is 10.1. The molecule has 1 aromatic rings. The highest BCUT2D eigenvalue weighted by Gasteiger charge is 2.08. The fourth-order valence-electron chi connectivity index (χ4n) is 2.16. The van der Waals surface area contributed by atoms with Crippen molar-refractivity contribution in [2.75, 3.05) is 45.4 Å². The Morgan fingerprint density at radius 1 is 1.10 bits per heavy atom. The van der Waals surface area contributed by atoms with E-state index in [0.29, 0.717) is 6.04 Å². The van der Waals surface area contributed by atoms with Crippen molar-refractivity contribution < 1.29 is 9.47 Å². The normalized spacial score (nSPS) is 11.1. The van der Waals surface area contributed by atoms with E-state index in [1.54, 1.807) is 14.2 Å². The van der Waals surface area contributed by atoms with Crippen LogP contribution in [0.15, 0.2) is 18.2 Å². The topological polar surface area (TPSA) is 33.7 Å². The molecule has 21 heavy (non-hydrogen) atoms. The van der Waals surface area contributed by atoms with E-state index in [2.05, 4.69) is 49.2 Å². The maximum atomic E-state index is 5.20. The molecular formula is C17H30N2O2. The summed E-state index contributed by atoms with van der Waals surface area (Å²) >= 11 is 0. The van der Waals surface area contributed by atoms with Gasteiger partial charge in [-0.2, -0.15) is 0 Å². The van der Waals surface area contributed by atoms with Crippen LogP contribution in [0.5, 0.6) is 0 Å². The summed E-state index contributed by atoms with van der Waals surface area (Å²) in [5, 5.41) is 3.47. The number of benzene rings is 1. The second-order valence-electron chi connectivity index (χ2n) is 5.62. The molecule has 0 aromatic heterocycles. The second kappa shape index (κ2) is 9.77. The van der Waals surface area contributed by atoms with Crippen LogP contribution in [-0.2, 0) is 16.0 Å². The lowest BCUT2D eigenvalue weighted by Crippen LogP contribution is -2.30. The van der Waals surface area contributed by atoms with E-state index in [1.165, 1.54) is 16.8 Å². The molecule has 0 unspecified atom stereocenters. The average Bonchev–Trinajstić information content (AvgIpc) is 2.46. The largest absolute Gasteiger partial charge is 0.383 e. The number of ether oxygens (including phenoxy) is 2. The summed E-state index contributed by atoms with van der Waals surface area (Å²) in [5.74, 6) is 0. The molecule has 0 radical (unpaired) electrons. The van der Waals surface area contributed by atoms with Crippen molar-refractivity contribution in [2.45, 2.75) is 33.4 Å². The maximum Gasteiger partial charge on any atom is 0.0637 e. The van der Waals surface area contributed by atoms with E-state index in [4.69, 9.17) is 9.47 Å². The third kappa shape index (κ3) is 6.46. The van der Waals surface area contributed by atoms with Crippen LogP contribution >= 0.6 is 0 Å². The Hall–Kier alpha value is -1.10. The summed E-state index contributed by atoms with van der Waals surface area (Å²) in [5.41, 5.74) is 3.90. The van der Waals surface area contributed by atoms with Gasteiger partial charge in [-0.1, -0.05) is 19.9 Å². The molecule has 0 fully saturated rings. The van der Waals surface area contributed by atoms with Crippen molar-refractivity contribution in [3.05, 3.63) is 29.3 Å². The molecule has 0 bridgehead atoms. The molecule has 0 spiro atoms. The Bertz CT molecular complexity index is 400. The number of rotatable bonds is 10. The molecule has 4 nitrogen and oxygen atoms in total. The number of methoxy groups -OCH3 is 2. The molecule has 1 aromatic carbocycles. The summed E-state index contributed by atoms with van der Waals surface area (Å²) in [4.78, 5) is 2.31. The van der Waals surface area contributed by atoms with Gasteiger partial charge in [-0.25, -0.2) is 0 Å². The molecule has 0 amide bonds. The van der Waals surface area contributed by atoms with Crippen LogP contribution in [0.1, 0.15) is 25.0 Å². The number of hydrogen-bond donors (Lipinski definition) is 1. The van der Waals surface area contributed by atoms with Gasteiger partial charge >= 0.3 is 0 Å². The van der Waals surface area contributed by atoms with E-state index in [1.807, 2.05) is 0 Å². The average molecular weight is 294 g/mol. The highest BCUT2D eigenvalue weighted by Crippen LogP contribution is 2.19. The van der Waals surface area contributed by atoms with E-state index in [0.717, 1.165) is 32.8 Å². The first kappa shape index (κ1) is 18.0. The number of nitrogens with zero attached hydrogens (tertiary/aromatic N) is 1. The van der Waals surface area contributed by atoms with E-state index in [9.17, 15) is 0 Å². The van der Waals surface area contributed by atoms with Crippen molar-refractivity contribution in [1.82, 2.24) is 5.32 Å². The van der Waals surface area contributed by atoms with Crippen LogP contribution < -0.4 is 10.2 Å². The zero-order valence-corrected chi connectivity index (χ0v) is 14.1. The molecular weight excluding hydrogens is 264 g/mol. The van der Waals surface area contributed by atoms with E-state index < -0.39 is 0 Å². The van der Waals surface area contributed by atoms with E-state index in [-0.39, 0.29) is 0 Å². The van der Waals surface area contributed by atoms with Crippen molar-refractivity contribution in [1.29, 1.82) is 0 Å². The molecule has 0 aliphatic rings. The Labute approximate surface area is 129 Å². The molecule has 0 atom stereocenters. The SMILES string of the molecule is COCCN(CCOC)c1ccc(CNC(C)C)c(C)c1. The second-order valence-corrected chi connectivity index (χ2v) is 5.62. The molecule has 0 aliphatic carbocycles. The van der Waals surface area contributed by atoms with Crippen molar-refractivity contribution in [2.24, 2.45) is 0 Å². The van der Waals surface area contributed by atoms with Gasteiger partial charge in [0, 0.05) is 45.6 Å².